The molecule has 0 saturated heterocycles. The third-order valence-corrected chi connectivity index (χ3v) is 9.92. The van der Waals surface area contributed by atoms with E-state index in [0.717, 1.165) is 30.1 Å². The quantitative estimate of drug-likeness (QED) is 0.658. The van der Waals surface area contributed by atoms with E-state index < -0.39 is 0 Å². The Bertz CT molecular complexity index is 640. The molecule has 0 radical (unpaired) electrons. The van der Waals surface area contributed by atoms with Gasteiger partial charge in [0.1, 0.15) is 5.78 Å². The normalized spacial score (nSPS) is 45.9. The molecule has 4 nitrogen and oxygen atoms in total. The Morgan fingerprint density at radius 2 is 1.66 bits per heavy atom. The van der Waals surface area contributed by atoms with Gasteiger partial charge in [0.25, 0.3) is 0 Å². The third kappa shape index (κ3) is 3.78. The second kappa shape index (κ2) is 8.49. The van der Waals surface area contributed by atoms with E-state index in [0.29, 0.717) is 29.7 Å². The summed E-state index contributed by atoms with van der Waals surface area (Å²) in [7, 11) is 1.46. The summed E-state index contributed by atoms with van der Waals surface area (Å²) < 4.78 is 4.79. The molecule has 4 fully saturated rings. The van der Waals surface area contributed by atoms with Gasteiger partial charge in [-0.25, -0.2) is 0 Å². The molecule has 0 aromatic heterocycles. The minimum absolute atomic E-state index is 0. The summed E-state index contributed by atoms with van der Waals surface area (Å²) in [5.41, 5.74) is 0.706. The lowest BCUT2D eigenvalue weighted by molar-refractivity contribution is -0.140. The molecule has 5 heteroatoms. The molecule has 4 saturated carbocycles. The highest BCUT2D eigenvalue weighted by atomic mass is 35.5. The first kappa shape index (κ1) is 23.1. The Balaban J connectivity index is 0.00000240. The smallest absolute Gasteiger partial charge is 0.319 e. The number of carbonyl (C=O) groups is 2. The van der Waals surface area contributed by atoms with Crippen molar-refractivity contribution in [2.75, 3.05) is 13.7 Å². The maximum atomic E-state index is 12.3. The Hall–Kier alpha value is -0.610. The zero-order valence-corrected chi connectivity index (χ0v) is 19.5. The van der Waals surface area contributed by atoms with Gasteiger partial charge in [0.15, 0.2) is 0 Å². The highest BCUT2D eigenvalue weighted by Crippen LogP contribution is 2.67. The van der Waals surface area contributed by atoms with Crippen molar-refractivity contribution in [2.24, 2.45) is 40.4 Å². The molecule has 0 amide bonds. The summed E-state index contributed by atoms with van der Waals surface area (Å²) in [5.74, 6) is 3.76. The van der Waals surface area contributed by atoms with Crippen LogP contribution in [0, 0.1) is 40.4 Å². The average Bonchev–Trinajstić information content (AvgIpc) is 3.03. The van der Waals surface area contributed by atoms with Crippen molar-refractivity contribution in [3.05, 3.63) is 0 Å². The Kier molecular flexibility index (Phi) is 6.75. The summed E-state index contributed by atoms with van der Waals surface area (Å²) in [6.45, 7) is 7.18. The predicted molar refractivity (Wildman–Crippen MR) is 117 cm³/mol. The fraction of sp³-hybridized carbons (Fsp3) is 0.917. The van der Waals surface area contributed by atoms with E-state index in [9.17, 15) is 9.59 Å². The first-order valence-corrected chi connectivity index (χ1v) is 11.6. The van der Waals surface area contributed by atoms with Crippen LogP contribution < -0.4 is 5.32 Å². The fourth-order valence-electron chi connectivity index (χ4n) is 8.41. The van der Waals surface area contributed by atoms with Crippen molar-refractivity contribution < 1.29 is 14.3 Å². The molecular formula is C24H40ClNO3. The van der Waals surface area contributed by atoms with Crippen LogP contribution in [0.3, 0.4) is 0 Å². The van der Waals surface area contributed by atoms with Gasteiger partial charge in [-0.2, -0.15) is 0 Å². The van der Waals surface area contributed by atoms with Crippen LogP contribution in [0.4, 0.5) is 0 Å². The van der Waals surface area contributed by atoms with Crippen LogP contribution in [-0.2, 0) is 14.3 Å². The molecule has 8 atom stereocenters. The summed E-state index contributed by atoms with van der Waals surface area (Å²) in [6, 6.07) is 0.455. The SMILES string of the molecule is COC(=O)CN[C@@H]1CC[C@@]2(C)[C@H](CC[C@@H]3[C@@H]2CC[C@]2(C)[C@@H](C(C)=O)CC[C@@H]32)C1.Cl. The van der Waals surface area contributed by atoms with Crippen LogP contribution in [-0.4, -0.2) is 31.4 Å². The minimum Gasteiger partial charge on any atom is -0.468 e. The lowest BCUT2D eigenvalue weighted by atomic mass is 9.44. The summed E-state index contributed by atoms with van der Waals surface area (Å²) >= 11 is 0. The van der Waals surface area contributed by atoms with E-state index in [4.69, 9.17) is 4.74 Å². The fourth-order valence-corrected chi connectivity index (χ4v) is 8.41. The number of halogens is 1. The highest BCUT2D eigenvalue weighted by Gasteiger charge is 2.60. The van der Waals surface area contributed by atoms with Gasteiger partial charge in [0.05, 0.1) is 13.7 Å². The number of carbonyl (C=O) groups excluding carboxylic acids is 2. The number of ketones is 1. The molecule has 0 aliphatic heterocycles. The maximum absolute atomic E-state index is 12.3. The standard InChI is InChI=1S/C24H39NO3.ClH/c1-15(26)19-7-8-20-18-6-5-16-13-17(25-14-22(27)28-4)9-11-23(16,2)21(18)10-12-24(19,20)3;/h16-21,25H,5-14H2,1-4H3;1H/t16-,17-,18+,19-,20+,21+,23+,24-;/m1./s1. The van der Waals surface area contributed by atoms with Crippen molar-refractivity contribution in [3.63, 3.8) is 0 Å². The van der Waals surface area contributed by atoms with Crippen molar-refractivity contribution in [1.82, 2.24) is 5.32 Å². The van der Waals surface area contributed by atoms with E-state index in [1.54, 1.807) is 0 Å². The van der Waals surface area contributed by atoms with E-state index in [-0.39, 0.29) is 23.8 Å². The number of ether oxygens (including phenoxy) is 1. The lowest BCUT2D eigenvalue weighted by Gasteiger charge is -2.61. The van der Waals surface area contributed by atoms with Crippen LogP contribution in [0.1, 0.15) is 78.6 Å². The van der Waals surface area contributed by atoms with Crippen molar-refractivity contribution >= 4 is 24.2 Å². The molecule has 4 rings (SSSR count). The molecule has 0 aromatic carbocycles. The number of hydrogen-bond donors (Lipinski definition) is 1. The molecule has 0 heterocycles. The number of Topliss-reactive ketones (excluding diaryl/α,β-unsaturated/α-hetero) is 1. The summed E-state index contributed by atoms with van der Waals surface area (Å²) in [5, 5.41) is 3.44. The first-order chi connectivity index (χ1) is 13.3. The van der Waals surface area contributed by atoms with Gasteiger partial charge in [0, 0.05) is 12.0 Å². The first-order valence-electron chi connectivity index (χ1n) is 11.6. The van der Waals surface area contributed by atoms with E-state index >= 15 is 0 Å². The topological polar surface area (TPSA) is 55.4 Å². The molecule has 1 N–H and O–H groups in total. The second-order valence-corrected chi connectivity index (χ2v) is 10.9. The van der Waals surface area contributed by atoms with E-state index in [2.05, 4.69) is 19.2 Å². The molecule has 0 bridgehead atoms. The molecular weight excluding hydrogens is 386 g/mol. The Morgan fingerprint density at radius 3 is 2.34 bits per heavy atom. The second-order valence-electron chi connectivity index (χ2n) is 10.9. The van der Waals surface area contributed by atoms with Gasteiger partial charge in [-0.15, -0.1) is 12.4 Å². The maximum Gasteiger partial charge on any atom is 0.319 e. The molecule has 29 heavy (non-hydrogen) atoms. The predicted octanol–water partition coefficient (Wildman–Crippen LogP) is 4.79. The van der Waals surface area contributed by atoms with Gasteiger partial charge in [-0.05, 0) is 99.2 Å². The monoisotopic (exact) mass is 425 g/mol. The van der Waals surface area contributed by atoms with Crippen molar-refractivity contribution in [3.8, 4) is 0 Å². The van der Waals surface area contributed by atoms with Gasteiger partial charge in [-0.1, -0.05) is 13.8 Å². The number of esters is 1. The van der Waals surface area contributed by atoms with Crippen LogP contribution in [0.15, 0.2) is 0 Å². The van der Waals surface area contributed by atoms with Gasteiger partial charge in [0.2, 0.25) is 0 Å². The number of hydrogen-bond acceptors (Lipinski definition) is 4. The zero-order chi connectivity index (χ0) is 20.1. The van der Waals surface area contributed by atoms with Gasteiger partial charge >= 0.3 is 5.97 Å². The average molecular weight is 426 g/mol. The molecule has 0 aromatic rings. The van der Waals surface area contributed by atoms with Crippen molar-refractivity contribution in [2.45, 2.75) is 84.6 Å². The molecule has 0 unspecified atom stereocenters. The van der Waals surface area contributed by atoms with Gasteiger partial charge in [-0.3, -0.25) is 9.59 Å². The molecule has 4 aliphatic carbocycles. The zero-order valence-electron chi connectivity index (χ0n) is 18.7. The Morgan fingerprint density at radius 1 is 0.966 bits per heavy atom. The highest BCUT2D eigenvalue weighted by molar-refractivity contribution is 5.85. The van der Waals surface area contributed by atoms with E-state index in [1.807, 2.05) is 6.92 Å². The molecule has 0 spiro atoms. The van der Waals surface area contributed by atoms with Crippen LogP contribution in [0.25, 0.3) is 0 Å². The largest absolute Gasteiger partial charge is 0.468 e. The van der Waals surface area contributed by atoms with Crippen LogP contribution in [0.5, 0.6) is 0 Å². The van der Waals surface area contributed by atoms with Crippen LogP contribution in [0.2, 0.25) is 0 Å². The number of rotatable bonds is 4. The number of nitrogens with one attached hydrogen (secondary N) is 1. The lowest BCUT2D eigenvalue weighted by Crippen LogP contribution is -2.55. The minimum atomic E-state index is -0.162. The van der Waals surface area contributed by atoms with E-state index in [1.165, 1.54) is 58.5 Å². The molecule has 4 aliphatic rings. The van der Waals surface area contributed by atoms with Crippen molar-refractivity contribution in [1.29, 1.82) is 0 Å². The molecule has 166 valence electrons. The number of methoxy groups -OCH3 is 1. The summed E-state index contributed by atoms with van der Waals surface area (Å²) in [6.07, 6.45) is 11.3. The Labute approximate surface area is 182 Å². The van der Waals surface area contributed by atoms with Crippen LogP contribution >= 0.6 is 12.4 Å². The third-order valence-electron chi connectivity index (χ3n) is 9.92. The van der Waals surface area contributed by atoms with Gasteiger partial charge < -0.3 is 10.1 Å². The number of fused-ring (bicyclic) bond motifs is 5. The summed E-state index contributed by atoms with van der Waals surface area (Å²) in [4.78, 5) is 23.8.